The van der Waals surface area contributed by atoms with Crippen LogP contribution in [0.5, 0.6) is 0 Å². The molecule has 0 heterocycles. The third kappa shape index (κ3) is 2.14. The Labute approximate surface area is 110 Å². The van der Waals surface area contributed by atoms with Gasteiger partial charge in [-0.2, -0.15) is 0 Å². The quantitative estimate of drug-likeness (QED) is 0.483. The zero-order valence-corrected chi connectivity index (χ0v) is 11.5. The summed E-state index contributed by atoms with van der Waals surface area (Å²) in [6, 6.07) is 0. The molecule has 0 N–H and O–H groups in total. The van der Waals surface area contributed by atoms with Crippen LogP contribution < -0.4 is 0 Å². The highest BCUT2D eigenvalue weighted by atomic mass is 32.1. The number of allylic oxidation sites excluding steroid dienone is 4. The van der Waals surface area contributed by atoms with Crippen molar-refractivity contribution in [2.75, 3.05) is 0 Å². The number of thiocarbonyl (C=S) groups is 1. The van der Waals surface area contributed by atoms with Gasteiger partial charge in [-0.05, 0) is 73.5 Å². The van der Waals surface area contributed by atoms with Gasteiger partial charge < -0.3 is 0 Å². The highest BCUT2D eigenvalue weighted by Gasteiger charge is 2.39. The molecule has 1 fully saturated rings. The molecule has 3 rings (SSSR count). The lowest BCUT2D eigenvalue weighted by molar-refractivity contribution is 0.176. The molecule has 3 aliphatic rings. The van der Waals surface area contributed by atoms with Gasteiger partial charge in [0.25, 0.3) is 0 Å². The Balaban J connectivity index is 1.79. The Hall–Kier alpha value is -0.430. The zero-order valence-electron chi connectivity index (χ0n) is 10.6. The highest BCUT2D eigenvalue weighted by molar-refractivity contribution is 7.80. The van der Waals surface area contributed by atoms with Crippen molar-refractivity contribution >= 4 is 17.1 Å². The summed E-state index contributed by atoms with van der Waals surface area (Å²) in [5.41, 5.74) is 0. The van der Waals surface area contributed by atoms with E-state index in [1.807, 2.05) is 0 Å². The third-order valence-corrected chi connectivity index (χ3v) is 5.52. The monoisotopic (exact) mass is 246 g/mol. The fourth-order valence-corrected chi connectivity index (χ4v) is 4.41. The summed E-state index contributed by atoms with van der Waals surface area (Å²) in [6.07, 6.45) is 16.5. The molecule has 3 aliphatic carbocycles. The van der Waals surface area contributed by atoms with Gasteiger partial charge in [-0.1, -0.05) is 36.5 Å². The van der Waals surface area contributed by atoms with Gasteiger partial charge in [-0.15, -0.1) is 0 Å². The van der Waals surface area contributed by atoms with Crippen molar-refractivity contribution in [3.8, 4) is 0 Å². The first-order valence-electron chi connectivity index (χ1n) is 7.09. The van der Waals surface area contributed by atoms with Crippen LogP contribution in [0.2, 0.25) is 0 Å². The van der Waals surface area contributed by atoms with Gasteiger partial charge in [0.15, 0.2) is 0 Å². The average Bonchev–Trinajstić information content (AvgIpc) is 2.71. The van der Waals surface area contributed by atoms with Gasteiger partial charge in [0.1, 0.15) is 0 Å². The molecule has 0 spiro atoms. The first-order chi connectivity index (χ1) is 8.25. The standard InChI is InChI=1S/C16H22S/c1-11(17)13-8-9-16-14(10-13)6-2-4-12-5-3-7-15(12)16/h2-3,6-7,12-16H,4-5,8-10H2,1H3. The molecule has 0 aromatic heterocycles. The van der Waals surface area contributed by atoms with E-state index in [1.165, 1.54) is 37.0 Å². The van der Waals surface area contributed by atoms with Crippen LogP contribution in [-0.4, -0.2) is 4.86 Å². The number of hydrogen-bond acceptors (Lipinski definition) is 1. The Morgan fingerprint density at radius 3 is 2.65 bits per heavy atom. The van der Waals surface area contributed by atoms with Gasteiger partial charge in [0.2, 0.25) is 0 Å². The lowest BCUT2D eigenvalue weighted by Crippen LogP contribution is -2.31. The summed E-state index contributed by atoms with van der Waals surface area (Å²) in [7, 11) is 0. The van der Waals surface area contributed by atoms with E-state index < -0.39 is 0 Å². The Bertz CT molecular complexity index is 366. The molecule has 92 valence electrons. The van der Waals surface area contributed by atoms with Gasteiger partial charge in [0, 0.05) is 0 Å². The first kappa shape index (κ1) is 11.6. The molecule has 0 aliphatic heterocycles. The normalized spacial score (nSPS) is 43.9. The zero-order chi connectivity index (χ0) is 11.8. The summed E-state index contributed by atoms with van der Waals surface area (Å²) in [5.74, 6) is 4.18. The molecular weight excluding hydrogens is 224 g/mol. The average molecular weight is 246 g/mol. The molecule has 1 saturated carbocycles. The van der Waals surface area contributed by atoms with Crippen LogP contribution in [0.25, 0.3) is 0 Å². The summed E-state index contributed by atoms with van der Waals surface area (Å²) < 4.78 is 0. The van der Waals surface area contributed by atoms with E-state index in [4.69, 9.17) is 12.2 Å². The second kappa shape index (κ2) is 4.68. The van der Waals surface area contributed by atoms with Crippen LogP contribution in [0, 0.1) is 29.6 Å². The minimum absolute atomic E-state index is 0.706. The van der Waals surface area contributed by atoms with Crippen LogP contribution >= 0.6 is 12.2 Å². The fraction of sp³-hybridized carbons (Fsp3) is 0.688. The number of hydrogen-bond donors (Lipinski definition) is 0. The molecule has 17 heavy (non-hydrogen) atoms. The summed E-state index contributed by atoms with van der Waals surface area (Å²) >= 11 is 5.40. The van der Waals surface area contributed by atoms with Crippen molar-refractivity contribution in [1.82, 2.24) is 0 Å². The number of rotatable bonds is 1. The van der Waals surface area contributed by atoms with E-state index in [-0.39, 0.29) is 0 Å². The molecule has 1 heteroatoms. The molecular formula is C16H22S. The lowest BCUT2D eigenvalue weighted by Gasteiger charge is -2.38. The Morgan fingerprint density at radius 2 is 1.88 bits per heavy atom. The van der Waals surface area contributed by atoms with Crippen LogP contribution in [0.4, 0.5) is 0 Å². The smallest absolute Gasteiger partial charge is 0.00713 e. The maximum Gasteiger partial charge on any atom is -0.00713 e. The predicted octanol–water partition coefficient (Wildman–Crippen LogP) is 4.56. The Morgan fingerprint density at radius 1 is 1.12 bits per heavy atom. The van der Waals surface area contributed by atoms with Crippen LogP contribution in [0.3, 0.4) is 0 Å². The molecule has 5 unspecified atom stereocenters. The van der Waals surface area contributed by atoms with Crippen molar-refractivity contribution in [3.63, 3.8) is 0 Å². The topological polar surface area (TPSA) is 0 Å². The summed E-state index contributed by atoms with van der Waals surface area (Å²) in [6.45, 7) is 2.14. The maximum atomic E-state index is 5.40. The van der Waals surface area contributed by atoms with Gasteiger partial charge in [-0.3, -0.25) is 0 Å². The summed E-state index contributed by atoms with van der Waals surface area (Å²) in [5, 5.41) is 0. The van der Waals surface area contributed by atoms with Crippen molar-refractivity contribution in [3.05, 3.63) is 24.3 Å². The highest BCUT2D eigenvalue weighted by Crippen LogP contribution is 2.47. The van der Waals surface area contributed by atoms with Gasteiger partial charge >= 0.3 is 0 Å². The van der Waals surface area contributed by atoms with Crippen molar-refractivity contribution in [1.29, 1.82) is 0 Å². The van der Waals surface area contributed by atoms with E-state index in [1.54, 1.807) is 0 Å². The van der Waals surface area contributed by atoms with E-state index in [9.17, 15) is 0 Å². The maximum absolute atomic E-state index is 5.40. The second-order valence-corrected chi connectivity index (χ2v) is 6.76. The number of fused-ring (bicyclic) bond motifs is 3. The van der Waals surface area contributed by atoms with E-state index in [0.717, 1.165) is 23.7 Å². The van der Waals surface area contributed by atoms with Crippen LogP contribution in [-0.2, 0) is 0 Å². The minimum Gasteiger partial charge on any atom is -0.0897 e. The Kier molecular flexibility index (Phi) is 3.21. The fourth-order valence-electron chi connectivity index (χ4n) is 4.20. The summed E-state index contributed by atoms with van der Waals surface area (Å²) in [4.78, 5) is 1.24. The van der Waals surface area contributed by atoms with E-state index >= 15 is 0 Å². The molecule has 5 atom stereocenters. The van der Waals surface area contributed by atoms with Gasteiger partial charge in [-0.25, -0.2) is 0 Å². The van der Waals surface area contributed by atoms with Crippen LogP contribution in [0.1, 0.15) is 39.0 Å². The molecule has 0 radical (unpaired) electrons. The van der Waals surface area contributed by atoms with Gasteiger partial charge in [0.05, 0.1) is 0 Å². The molecule has 0 aromatic rings. The first-order valence-corrected chi connectivity index (χ1v) is 7.50. The second-order valence-electron chi connectivity index (χ2n) is 6.11. The van der Waals surface area contributed by atoms with Crippen molar-refractivity contribution < 1.29 is 0 Å². The molecule has 0 nitrogen and oxygen atoms in total. The van der Waals surface area contributed by atoms with E-state index in [2.05, 4.69) is 31.2 Å². The van der Waals surface area contributed by atoms with E-state index in [0.29, 0.717) is 5.92 Å². The predicted molar refractivity (Wildman–Crippen MR) is 77.1 cm³/mol. The van der Waals surface area contributed by atoms with Crippen LogP contribution in [0.15, 0.2) is 24.3 Å². The SMILES string of the molecule is CC(=S)C1CCC2C(C=CCC3CC=CC32)C1. The molecule has 0 amide bonds. The molecule has 0 aromatic carbocycles. The lowest BCUT2D eigenvalue weighted by atomic mass is 9.67. The third-order valence-electron chi connectivity index (χ3n) is 5.19. The minimum atomic E-state index is 0.706. The largest absolute Gasteiger partial charge is 0.0897 e. The van der Waals surface area contributed by atoms with Crippen molar-refractivity contribution in [2.45, 2.75) is 39.0 Å². The molecule has 0 bridgehead atoms. The molecule has 0 saturated heterocycles. The van der Waals surface area contributed by atoms with Crippen molar-refractivity contribution in [2.24, 2.45) is 29.6 Å².